The largest absolute Gasteiger partial charge is 0.478 e. The average molecular weight is 198 g/mol. The number of alkyl halides is 2. The molecule has 1 aromatic rings. The van der Waals surface area contributed by atoms with Gasteiger partial charge in [-0.15, -0.1) is 0 Å². The molecule has 0 atom stereocenters. The Balaban J connectivity index is 3.30. The van der Waals surface area contributed by atoms with Gasteiger partial charge in [0.15, 0.2) is 5.69 Å². The van der Waals surface area contributed by atoms with Crippen LogP contribution in [0.5, 0.6) is 0 Å². The molecule has 1 rings (SSSR count). The van der Waals surface area contributed by atoms with Crippen molar-refractivity contribution in [3.05, 3.63) is 29.1 Å². The molecule has 1 aromatic heterocycles. The maximum atomic E-state index is 12.1. The van der Waals surface area contributed by atoms with Crippen molar-refractivity contribution in [1.82, 2.24) is 4.98 Å². The van der Waals surface area contributed by atoms with Gasteiger partial charge in [-0.3, -0.25) is 0 Å². The molecule has 4 nitrogen and oxygen atoms in total. The normalized spacial score (nSPS) is 9.86. The van der Waals surface area contributed by atoms with E-state index in [-0.39, 0.29) is 5.69 Å². The van der Waals surface area contributed by atoms with E-state index in [0.29, 0.717) is 0 Å². The van der Waals surface area contributed by atoms with Crippen LogP contribution in [0.3, 0.4) is 0 Å². The number of pyridine rings is 1. The van der Waals surface area contributed by atoms with E-state index < -0.39 is 23.5 Å². The summed E-state index contributed by atoms with van der Waals surface area (Å²) in [5.41, 5.74) is -1.39. The Bertz CT molecular complexity index is 412. The van der Waals surface area contributed by atoms with Crippen molar-refractivity contribution in [3.8, 4) is 6.07 Å². The highest BCUT2D eigenvalue weighted by Gasteiger charge is 2.16. The summed E-state index contributed by atoms with van der Waals surface area (Å²) < 4.78 is 24.3. The number of halogens is 2. The summed E-state index contributed by atoms with van der Waals surface area (Å²) in [6.07, 6.45) is -2.01. The first kappa shape index (κ1) is 10.1. The molecule has 0 aliphatic carbocycles. The van der Waals surface area contributed by atoms with Crippen LogP contribution in [-0.4, -0.2) is 16.1 Å². The molecule has 0 amide bonds. The zero-order chi connectivity index (χ0) is 10.7. The standard InChI is InChI=1S/C8H4F2N2O2/c9-7(10)4-1-5(8(13)14)6(2-11)12-3-4/h1,3,7H,(H,13,14). The molecule has 0 saturated heterocycles. The van der Waals surface area contributed by atoms with Crippen LogP contribution >= 0.6 is 0 Å². The first-order chi connectivity index (χ1) is 6.56. The average Bonchev–Trinajstić information content (AvgIpc) is 2.16. The van der Waals surface area contributed by atoms with Crippen LogP contribution < -0.4 is 0 Å². The van der Waals surface area contributed by atoms with E-state index in [0.717, 1.165) is 12.3 Å². The number of carbonyl (C=O) groups is 1. The SMILES string of the molecule is N#Cc1ncc(C(F)F)cc1C(=O)O. The maximum Gasteiger partial charge on any atom is 0.338 e. The van der Waals surface area contributed by atoms with Gasteiger partial charge in [-0.2, -0.15) is 5.26 Å². The highest BCUT2D eigenvalue weighted by molar-refractivity contribution is 5.90. The first-order valence-electron chi connectivity index (χ1n) is 3.47. The lowest BCUT2D eigenvalue weighted by Crippen LogP contribution is -2.04. The topological polar surface area (TPSA) is 74.0 Å². The number of carboxylic acid groups (broad SMARTS) is 1. The van der Waals surface area contributed by atoms with E-state index in [2.05, 4.69) is 4.98 Å². The molecule has 0 spiro atoms. The lowest BCUT2D eigenvalue weighted by Gasteiger charge is -2.01. The lowest BCUT2D eigenvalue weighted by molar-refractivity contribution is 0.0695. The van der Waals surface area contributed by atoms with Crippen molar-refractivity contribution in [2.75, 3.05) is 0 Å². The minimum atomic E-state index is -2.80. The number of aromatic nitrogens is 1. The second-order valence-corrected chi connectivity index (χ2v) is 2.38. The number of hydrogen-bond donors (Lipinski definition) is 1. The highest BCUT2D eigenvalue weighted by atomic mass is 19.3. The Morgan fingerprint density at radius 3 is 2.71 bits per heavy atom. The Morgan fingerprint density at radius 1 is 1.64 bits per heavy atom. The molecule has 0 saturated carbocycles. The van der Waals surface area contributed by atoms with Crippen molar-refractivity contribution in [2.45, 2.75) is 6.43 Å². The molecule has 0 aliphatic rings. The Labute approximate surface area is 77.4 Å². The predicted octanol–water partition coefficient (Wildman–Crippen LogP) is 1.59. The number of aromatic carboxylic acids is 1. The molecule has 0 aromatic carbocycles. The predicted molar refractivity (Wildman–Crippen MR) is 40.9 cm³/mol. The molecular formula is C8H4F2N2O2. The van der Waals surface area contributed by atoms with Crippen molar-refractivity contribution in [3.63, 3.8) is 0 Å². The minimum Gasteiger partial charge on any atom is -0.478 e. The van der Waals surface area contributed by atoms with Crippen LogP contribution in [0.2, 0.25) is 0 Å². The van der Waals surface area contributed by atoms with Crippen LogP contribution in [0.15, 0.2) is 12.3 Å². The van der Waals surface area contributed by atoms with Crippen molar-refractivity contribution in [1.29, 1.82) is 5.26 Å². The zero-order valence-electron chi connectivity index (χ0n) is 6.74. The van der Waals surface area contributed by atoms with E-state index in [9.17, 15) is 13.6 Å². The summed E-state index contributed by atoms with van der Waals surface area (Å²) in [7, 11) is 0. The summed E-state index contributed by atoms with van der Waals surface area (Å²) in [6, 6.07) is 2.25. The summed E-state index contributed by atoms with van der Waals surface area (Å²) in [4.78, 5) is 13.8. The molecule has 6 heteroatoms. The van der Waals surface area contributed by atoms with Gasteiger partial charge in [-0.1, -0.05) is 0 Å². The van der Waals surface area contributed by atoms with Crippen molar-refractivity contribution in [2.24, 2.45) is 0 Å². The Morgan fingerprint density at radius 2 is 2.29 bits per heavy atom. The maximum absolute atomic E-state index is 12.1. The van der Waals surface area contributed by atoms with Gasteiger partial charge in [-0.25, -0.2) is 18.6 Å². The zero-order valence-corrected chi connectivity index (χ0v) is 6.74. The number of rotatable bonds is 2. The van der Waals surface area contributed by atoms with Crippen LogP contribution in [0.1, 0.15) is 28.0 Å². The fraction of sp³-hybridized carbons (Fsp3) is 0.125. The monoisotopic (exact) mass is 198 g/mol. The fourth-order valence-corrected chi connectivity index (χ4v) is 0.852. The van der Waals surface area contributed by atoms with Gasteiger partial charge in [0.1, 0.15) is 6.07 Å². The van der Waals surface area contributed by atoms with Gasteiger partial charge in [0.05, 0.1) is 5.56 Å². The van der Waals surface area contributed by atoms with Crippen molar-refractivity contribution >= 4 is 5.97 Å². The quantitative estimate of drug-likeness (QED) is 0.782. The molecule has 0 bridgehead atoms. The molecule has 1 heterocycles. The summed E-state index contributed by atoms with van der Waals surface area (Å²) in [5, 5.41) is 17.0. The third-order valence-corrected chi connectivity index (χ3v) is 1.50. The molecule has 0 unspecified atom stereocenters. The molecule has 1 N–H and O–H groups in total. The first-order valence-corrected chi connectivity index (χ1v) is 3.47. The van der Waals surface area contributed by atoms with Gasteiger partial charge in [0, 0.05) is 11.8 Å². The van der Waals surface area contributed by atoms with E-state index in [1.807, 2.05) is 0 Å². The van der Waals surface area contributed by atoms with E-state index >= 15 is 0 Å². The molecule has 0 fully saturated rings. The van der Waals surface area contributed by atoms with Gasteiger partial charge >= 0.3 is 5.97 Å². The van der Waals surface area contributed by atoms with Crippen LogP contribution in [-0.2, 0) is 0 Å². The van der Waals surface area contributed by atoms with Crippen molar-refractivity contribution < 1.29 is 18.7 Å². The number of hydrogen-bond acceptors (Lipinski definition) is 3. The molecule has 0 radical (unpaired) electrons. The molecule has 14 heavy (non-hydrogen) atoms. The lowest BCUT2D eigenvalue weighted by atomic mass is 10.1. The Kier molecular flexibility index (Phi) is 2.72. The smallest absolute Gasteiger partial charge is 0.338 e. The fourth-order valence-electron chi connectivity index (χ4n) is 0.852. The second-order valence-electron chi connectivity index (χ2n) is 2.38. The van der Waals surface area contributed by atoms with E-state index in [4.69, 9.17) is 10.4 Å². The number of nitriles is 1. The third kappa shape index (κ3) is 1.82. The van der Waals surface area contributed by atoms with Gasteiger partial charge in [0.25, 0.3) is 6.43 Å². The van der Waals surface area contributed by atoms with E-state index in [1.54, 1.807) is 0 Å². The summed E-state index contributed by atoms with van der Waals surface area (Å²) >= 11 is 0. The number of carboxylic acids is 1. The third-order valence-electron chi connectivity index (χ3n) is 1.50. The molecular weight excluding hydrogens is 194 g/mol. The van der Waals surface area contributed by atoms with Crippen LogP contribution in [0.25, 0.3) is 0 Å². The number of nitrogens with zero attached hydrogens (tertiary/aromatic N) is 2. The van der Waals surface area contributed by atoms with Gasteiger partial charge in [0.2, 0.25) is 0 Å². The highest BCUT2D eigenvalue weighted by Crippen LogP contribution is 2.19. The van der Waals surface area contributed by atoms with Gasteiger partial charge < -0.3 is 5.11 Å². The molecule has 72 valence electrons. The molecule has 0 aliphatic heterocycles. The minimum absolute atomic E-state index is 0.373. The van der Waals surface area contributed by atoms with E-state index in [1.165, 1.54) is 6.07 Å². The van der Waals surface area contributed by atoms with Crippen LogP contribution in [0, 0.1) is 11.3 Å². The summed E-state index contributed by atoms with van der Waals surface area (Å²) in [6.45, 7) is 0. The Hall–Kier alpha value is -2.03. The second kappa shape index (κ2) is 3.79. The summed E-state index contributed by atoms with van der Waals surface area (Å²) in [5.74, 6) is -1.45. The van der Waals surface area contributed by atoms with Crippen LogP contribution in [0.4, 0.5) is 8.78 Å². The van der Waals surface area contributed by atoms with Gasteiger partial charge in [-0.05, 0) is 6.07 Å².